The van der Waals surface area contributed by atoms with Crippen LogP contribution in [-0.2, 0) is 4.74 Å². The van der Waals surface area contributed by atoms with Crippen molar-refractivity contribution in [1.29, 1.82) is 0 Å². The molecule has 27 heavy (non-hydrogen) atoms. The number of rotatable bonds is 2. The monoisotopic (exact) mass is 408 g/mol. The standard InChI is InChI=1S/C19H25ClN4O2S/c1-13-11-14(20)12-16-17(13)21-18(27-16)23-5-3-15(4-6-23)22(2)19(25)24-7-9-26-10-8-24/h11-12,15H,3-10H2,1-2H3. The highest BCUT2D eigenvalue weighted by atomic mass is 35.5. The van der Waals surface area contributed by atoms with Crippen molar-refractivity contribution in [2.75, 3.05) is 51.3 Å². The molecule has 0 spiro atoms. The Morgan fingerprint density at radius 1 is 1.26 bits per heavy atom. The van der Waals surface area contributed by atoms with Gasteiger partial charge in [-0.05, 0) is 37.5 Å². The smallest absolute Gasteiger partial charge is 0.320 e. The van der Waals surface area contributed by atoms with E-state index in [1.807, 2.05) is 29.0 Å². The number of carbonyl (C=O) groups excluding carboxylic acids is 1. The molecule has 146 valence electrons. The molecule has 0 bridgehead atoms. The summed E-state index contributed by atoms with van der Waals surface area (Å²) in [6.07, 6.45) is 1.92. The van der Waals surface area contributed by atoms with Crippen LogP contribution in [0, 0.1) is 6.92 Å². The molecule has 0 atom stereocenters. The summed E-state index contributed by atoms with van der Waals surface area (Å²) in [5.41, 5.74) is 2.16. The Morgan fingerprint density at radius 3 is 2.67 bits per heavy atom. The zero-order valence-electron chi connectivity index (χ0n) is 15.8. The largest absolute Gasteiger partial charge is 0.378 e. The molecule has 1 aromatic heterocycles. The van der Waals surface area contributed by atoms with Crippen LogP contribution < -0.4 is 4.90 Å². The summed E-state index contributed by atoms with van der Waals surface area (Å²) in [6.45, 7) is 6.54. The van der Waals surface area contributed by atoms with Crippen LogP contribution in [0.25, 0.3) is 10.2 Å². The molecule has 8 heteroatoms. The van der Waals surface area contributed by atoms with Crippen molar-refractivity contribution in [1.82, 2.24) is 14.8 Å². The van der Waals surface area contributed by atoms with E-state index in [4.69, 9.17) is 21.3 Å². The number of anilines is 1. The summed E-state index contributed by atoms with van der Waals surface area (Å²) in [5, 5.41) is 1.81. The molecule has 3 heterocycles. The molecule has 2 aromatic rings. The molecule has 2 aliphatic rings. The number of piperidine rings is 1. The van der Waals surface area contributed by atoms with Gasteiger partial charge in [-0.25, -0.2) is 9.78 Å². The van der Waals surface area contributed by atoms with E-state index in [9.17, 15) is 4.79 Å². The fraction of sp³-hybridized carbons (Fsp3) is 0.579. The Balaban J connectivity index is 1.40. The number of urea groups is 1. The number of hydrogen-bond donors (Lipinski definition) is 0. The number of halogens is 1. The first-order chi connectivity index (χ1) is 13.0. The fourth-order valence-corrected chi connectivity index (χ4v) is 5.33. The molecule has 0 radical (unpaired) electrons. The number of amides is 2. The van der Waals surface area contributed by atoms with Crippen molar-refractivity contribution in [3.63, 3.8) is 0 Å². The second kappa shape index (κ2) is 7.81. The first-order valence-corrected chi connectivity index (χ1v) is 10.6. The summed E-state index contributed by atoms with van der Waals surface area (Å²) in [7, 11) is 1.93. The summed E-state index contributed by atoms with van der Waals surface area (Å²) in [5.74, 6) is 0. The summed E-state index contributed by atoms with van der Waals surface area (Å²) < 4.78 is 6.48. The van der Waals surface area contributed by atoms with E-state index in [-0.39, 0.29) is 12.1 Å². The number of fused-ring (bicyclic) bond motifs is 1. The fourth-order valence-electron chi connectivity index (χ4n) is 3.86. The van der Waals surface area contributed by atoms with Crippen molar-refractivity contribution >= 4 is 44.3 Å². The lowest BCUT2D eigenvalue weighted by molar-refractivity contribution is 0.0409. The van der Waals surface area contributed by atoms with Crippen molar-refractivity contribution in [2.45, 2.75) is 25.8 Å². The maximum atomic E-state index is 12.7. The van der Waals surface area contributed by atoms with Crippen molar-refractivity contribution < 1.29 is 9.53 Å². The molecule has 2 amide bonds. The zero-order chi connectivity index (χ0) is 19.0. The van der Waals surface area contributed by atoms with Gasteiger partial charge in [0.05, 0.1) is 23.4 Å². The molecule has 2 saturated heterocycles. The van der Waals surface area contributed by atoms with Crippen LogP contribution >= 0.6 is 22.9 Å². The molecular formula is C19H25ClN4O2S. The Hall–Kier alpha value is -1.57. The summed E-state index contributed by atoms with van der Waals surface area (Å²) in [4.78, 5) is 23.7. The Kier molecular flexibility index (Phi) is 5.43. The van der Waals surface area contributed by atoms with Gasteiger partial charge in [-0.3, -0.25) is 0 Å². The highest BCUT2D eigenvalue weighted by Gasteiger charge is 2.29. The normalized spacial score (nSPS) is 18.9. The van der Waals surface area contributed by atoms with Gasteiger partial charge >= 0.3 is 6.03 Å². The van der Waals surface area contributed by atoms with E-state index in [0.717, 1.165) is 51.9 Å². The number of carbonyl (C=O) groups is 1. The second-order valence-electron chi connectivity index (χ2n) is 7.28. The number of hydrogen-bond acceptors (Lipinski definition) is 5. The van der Waals surface area contributed by atoms with Gasteiger partial charge in [0, 0.05) is 44.3 Å². The SMILES string of the molecule is Cc1cc(Cl)cc2sc(N3CCC(N(C)C(=O)N4CCOCC4)CC3)nc12. The van der Waals surface area contributed by atoms with Gasteiger partial charge in [0.25, 0.3) is 0 Å². The predicted molar refractivity (Wildman–Crippen MR) is 110 cm³/mol. The topological polar surface area (TPSA) is 48.9 Å². The van der Waals surface area contributed by atoms with Gasteiger partial charge in [0.1, 0.15) is 0 Å². The molecule has 2 aliphatic heterocycles. The Labute approximate surface area is 168 Å². The molecule has 2 fully saturated rings. The molecule has 1 aromatic carbocycles. The molecule has 6 nitrogen and oxygen atoms in total. The first kappa shape index (κ1) is 18.8. The van der Waals surface area contributed by atoms with Gasteiger partial charge in [0.2, 0.25) is 0 Å². The van der Waals surface area contributed by atoms with Crippen molar-refractivity contribution in [3.8, 4) is 0 Å². The minimum Gasteiger partial charge on any atom is -0.378 e. The van der Waals surface area contributed by atoms with Crippen LogP contribution in [0.15, 0.2) is 12.1 Å². The van der Waals surface area contributed by atoms with E-state index in [1.165, 1.54) is 0 Å². The number of ether oxygens (including phenoxy) is 1. The number of morpholine rings is 1. The minimum atomic E-state index is 0.127. The maximum Gasteiger partial charge on any atom is 0.320 e. The third-order valence-corrected chi connectivity index (χ3v) is 6.79. The average molecular weight is 409 g/mol. The van der Waals surface area contributed by atoms with Gasteiger partial charge < -0.3 is 19.4 Å². The summed E-state index contributed by atoms with van der Waals surface area (Å²) in [6, 6.07) is 4.36. The number of aryl methyl sites for hydroxylation is 1. The van der Waals surface area contributed by atoms with Gasteiger partial charge in [-0.1, -0.05) is 22.9 Å². The minimum absolute atomic E-state index is 0.127. The van der Waals surface area contributed by atoms with E-state index in [1.54, 1.807) is 11.3 Å². The predicted octanol–water partition coefficient (Wildman–Crippen LogP) is 3.61. The molecular weight excluding hydrogens is 384 g/mol. The highest BCUT2D eigenvalue weighted by Crippen LogP contribution is 2.34. The Bertz CT molecular complexity index is 828. The van der Waals surface area contributed by atoms with Crippen molar-refractivity contribution in [3.05, 3.63) is 22.7 Å². The van der Waals surface area contributed by atoms with E-state index >= 15 is 0 Å². The lowest BCUT2D eigenvalue weighted by Crippen LogP contribution is -2.52. The molecule has 0 aliphatic carbocycles. The summed E-state index contributed by atoms with van der Waals surface area (Å²) >= 11 is 7.88. The van der Waals surface area contributed by atoms with Gasteiger partial charge in [-0.15, -0.1) is 0 Å². The van der Waals surface area contributed by atoms with E-state index in [2.05, 4.69) is 11.8 Å². The van der Waals surface area contributed by atoms with E-state index < -0.39 is 0 Å². The molecule has 0 saturated carbocycles. The van der Waals surface area contributed by atoms with Crippen LogP contribution in [0.1, 0.15) is 18.4 Å². The van der Waals surface area contributed by atoms with Crippen molar-refractivity contribution in [2.24, 2.45) is 0 Å². The second-order valence-corrected chi connectivity index (χ2v) is 8.72. The number of aromatic nitrogens is 1. The molecule has 0 unspecified atom stereocenters. The van der Waals surface area contributed by atoms with Gasteiger partial charge in [0.15, 0.2) is 5.13 Å². The van der Waals surface area contributed by atoms with Crippen LogP contribution in [0.3, 0.4) is 0 Å². The van der Waals surface area contributed by atoms with E-state index in [0.29, 0.717) is 26.3 Å². The van der Waals surface area contributed by atoms with Gasteiger partial charge in [-0.2, -0.15) is 0 Å². The van der Waals surface area contributed by atoms with Crippen LogP contribution in [0.2, 0.25) is 5.02 Å². The van der Waals surface area contributed by atoms with Crippen LogP contribution in [0.4, 0.5) is 9.93 Å². The average Bonchev–Trinajstić information content (AvgIpc) is 3.12. The Morgan fingerprint density at radius 2 is 1.96 bits per heavy atom. The lowest BCUT2D eigenvalue weighted by Gasteiger charge is -2.39. The first-order valence-electron chi connectivity index (χ1n) is 9.44. The zero-order valence-corrected chi connectivity index (χ0v) is 17.4. The lowest BCUT2D eigenvalue weighted by atomic mass is 10.0. The third-order valence-electron chi connectivity index (χ3n) is 5.51. The third kappa shape index (κ3) is 3.86. The van der Waals surface area contributed by atoms with Crippen LogP contribution in [-0.4, -0.2) is 73.3 Å². The quantitative estimate of drug-likeness (QED) is 0.761. The molecule has 4 rings (SSSR count). The number of benzene rings is 1. The number of nitrogens with zero attached hydrogens (tertiary/aromatic N) is 4. The van der Waals surface area contributed by atoms with Crippen LogP contribution in [0.5, 0.6) is 0 Å². The number of thiazole rings is 1. The molecule has 0 N–H and O–H groups in total. The highest BCUT2D eigenvalue weighted by molar-refractivity contribution is 7.22. The maximum absolute atomic E-state index is 12.7.